The van der Waals surface area contributed by atoms with Gasteiger partial charge in [0.2, 0.25) is 11.8 Å². The molecule has 1 aliphatic heterocycles. The molecule has 1 aromatic heterocycles. The first-order chi connectivity index (χ1) is 18.5. The highest BCUT2D eigenvalue weighted by atomic mass is 16.5. The Morgan fingerprint density at radius 1 is 0.974 bits per heavy atom. The van der Waals surface area contributed by atoms with Gasteiger partial charge in [0.15, 0.2) is 6.61 Å². The lowest BCUT2D eigenvalue weighted by Gasteiger charge is -2.26. The number of benzene rings is 2. The minimum absolute atomic E-state index is 0.235. The number of carbonyl (C=O) groups is 3. The summed E-state index contributed by atoms with van der Waals surface area (Å²) < 4.78 is 15.9. The Bertz CT molecular complexity index is 1230. The van der Waals surface area contributed by atoms with Gasteiger partial charge in [0.05, 0.1) is 14.2 Å². The Kier molecular flexibility index (Phi) is 8.76. The number of rotatable bonds is 10. The third kappa shape index (κ3) is 6.58. The number of ether oxygens (including phenoxy) is 3. The van der Waals surface area contributed by atoms with Crippen LogP contribution < -0.4 is 24.8 Å². The SMILES string of the molecule is COc1ccc(NC(=O)[C@@H](NC(=O)[C@@H]2CCCN2C(=O)COc2ccccn2)c2ccc(OC)cc2)cc1. The van der Waals surface area contributed by atoms with Crippen molar-refractivity contribution in [3.05, 3.63) is 78.5 Å². The molecule has 2 N–H and O–H groups in total. The van der Waals surface area contributed by atoms with E-state index < -0.39 is 23.9 Å². The predicted molar refractivity (Wildman–Crippen MR) is 140 cm³/mol. The zero-order valence-electron chi connectivity index (χ0n) is 21.3. The van der Waals surface area contributed by atoms with Crippen molar-refractivity contribution in [3.8, 4) is 17.4 Å². The van der Waals surface area contributed by atoms with E-state index in [2.05, 4.69) is 15.6 Å². The Hall–Kier alpha value is -4.60. The van der Waals surface area contributed by atoms with Gasteiger partial charge in [-0.25, -0.2) is 4.98 Å². The maximum absolute atomic E-state index is 13.4. The summed E-state index contributed by atoms with van der Waals surface area (Å²) in [6.45, 7) is 0.189. The van der Waals surface area contributed by atoms with E-state index in [1.807, 2.05) is 0 Å². The minimum Gasteiger partial charge on any atom is -0.497 e. The van der Waals surface area contributed by atoms with E-state index in [-0.39, 0.29) is 12.5 Å². The molecule has 2 atom stereocenters. The van der Waals surface area contributed by atoms with Gasteiger partial charge in [0.1, 0.15) is 23.6 Å². The van der Waals surface area contributed by atoms with Gasteiger partial charge < -0.3 is 29.7 Å². The van der Waals surface area contributed by atoms with Crippen LogP contribution in [-0.2, 0) is 14.4 Å². The molecule has 38 heavy (non-hydrogen) atoms. The topological polar surface area (TPSA) is 119 Å². The number of anilines is 1. The average molecular weight is 519 g/mol. The smallest absolute Gasteiger partial charge is 0.261 e. The van der Waals surface area contributed by atoms with E-state index in [0.717, 1.165) is 0 Å². The van der Waals surface area contributed by atoms with Crippen molar-refractivity contribution in [1.29, 1.82) is 0 Å². The third-order valence-electron chi connectivity index (χ3n) is 6.21. The molecule has 2 heterocycles. The van der Waals surface area contributed by atoms with Gasteiger partial charge in [-0.05, 0) is 60.9 Å². The van der Waals surface area contributed by atoms with Crippen molar-refractivity contribution in [2.75, 3.05) is 32.7 Å². The number of likely N-dealkylation sites (tertiary alicyclic amines) is 1. The van der Waals surface area contributed by atoms with Crippen molar-refractivity contribution < 1.29 is 28.6 Å². The number of amides is 3. The van der Waals surface area contributed by atoms with Gasteiger partial charge in [0, 0.05) is 24.5 Å². The normalized spacial score (nSPS) is 15.3. The summed E-state index contributed by atoms with van der Waals surface area (Å²) in [4.78, 5) is 45.2. The lowest BCUT2D eigenvalue weighted by atomic mass is 10.0. The fraction of sp³-hybridized carbons (Fsp3) is 0.286. The van der Waals surface area contributed by atoms with Crippen LogP contribution in [0.4, 0.5) is 5.69 Å². The number of nitrogens with zero attached hydrogens (tertiary/aromatic N) is 2. The molecule has 1 fully saturated rings. The van der Waals surface area contributed by atoms with Crippen LogP contribution in [0.2, 0.25) is 0 Å². The number of hydrogen-bond acceptors (Lipinski definition) is 7. The molecule has 2 aromatic carbocycles. The average Bonchev–Trinajstić information content (AvgIpc) is 3.46. The van der Waals surface area contributed by atoms with Crippen LogP contribution in [0.1, 0.15) is 24.4 Å². The first-order valence-corrected chi connectivity index (χ1v) is 12.2. The first kappa shape index (κ1) is 26.5. The van der Waals surface area contributed by atoms with E-state index in [0.29, 0.717) is 48.0 Å². The molecular formula is C28H30N4O6. The predicted octanol–water partition coefficient (Wildman–Crippen LogP) is 2.96. The molecule has 3 amide bonds. The van der Waals surface area contributed by atoms with Crippen molar-refractivity contribution in [2.45, 2.75) is 24.9 Å². The van der Waals surface area contributed by atoms with Gasteiger partial charge in [-0.1, -0.05) is 18.2 Å². The summed E-state index contributed by atoms with van der Waals surface area (Å²) in [6, 6.07) is 17.2. The summed E-state index contributed by atoms with van der Waals surface area (Å²) in [6.07, 6.45) is 2.72. The number of carbonyl (C=O) groups excluding carboxylic acids is 3. The highest BCUT2D eigenvalue weighted by Crippen LogP contribution is 2.24. The molecule has 3 aromatic rings. The molecular weight excluding hydrogens is 488 g/mol. The quantitative estimate of drug-likeness (QED) is 0.424. The highest BCUT2D eigenvalue weighted by Gasteiger charge is 2.36. The molecule has 0 bridgehead atoms. The van der Waals surface area contributed by atoms with Crippen molar-refractivity contribution in [2.24, 2.45) is 0 Å². The van der Waals surface area contributed by atoms with Crippen molar-refractivity contribution in [1.82, 2.24) is 15.2 Å². The molecule has 1 saturated heterocycles. The molecule has 10 heteroatoms. The standard InChI is InChI=1S/C28H30N4O6/c1-36-21-12-8-19(9-13-21)26(28(35)30-20-10-14-22(37-2)15-11-20)31-27(34)23-6-5-17-32(23)25(33)18-38-24-7-3-4-16-29-24/h3-4,7-16,23,26H,5-6,17-18H2,1-2H3,(H,30,35)(H,31,34)/t23-,26-/m0/s1. The van der Waals surface area contributed by atoms with Crippen LogP contribution in [0.25, 0.3) is 0 Å². The summed E-state index contributed by atoms with van der Waals surface area (Å²) in [5, 5.41) is 5.69. The lowest BCUT2D eigenvalue weighted by molar-refractivity contribution is -0.140. The van der Waals surface area contributed by atoms with Gasteiger partial charge in [0.25, 0.3) is 11.8 Å². The maximum Gasteiger partial charge on any atom is 0.261 e. The monoisotopic (exact) mass is 518 g/mol. The van der Waals surface area contributed by atoms with Gasteiger partial charge in [-0.2, -0.15) is 0 Å². The summed E-state index contributed by atoms with van der Waals surface area (Å²) in [5.41, 5.74) is 1.12. The van der Waals surface area contributed by atoms with E-state index in [1.165, 1.54) is 4.90 Å². The molecule has 198 valence electrons. The van der Waals surface area contributed by atoms with Gasteiger partial charge in [-0.3, -0.25) is 14.4 Å². The first-order valence-electron chi connectivity index (χ1n) is 12.2. The summed E-state index contributed by atoms with van der Waals surface area (Å²) in [5.74, 6) is 0.436. The Morgan fingerprint density at radius 2 is 1.66 bits per heavy atom. The van der Waals surface area contributed by atoms with E-state index in [4.69, 9.17) is 14.2 Å². The molecule has 0 aliphatic carbocycles. The van der Waals surface area contributed by atoms with Crippen LogP contribution >= 0.6 is 0 Å². The van der Waals surface area contributed by atoms with Crippen molar-refractivity contribution >= 4 is 23.4 Å². The Morgan fingerprint density at radius 3 is 2.29 bits per heavy atom. The molecule has 1 aliphatic rings. The Labute approximate surface area is 220 Å². The molecule has 4 rings (SSSR count). The van der Waals surface area contributed by atoms with E-state index in [9.17, 15) is 14.4 Å². The van der Waals surface area contributed by atoms with Crippen LogP contribution in [-0.4, -0.2) is 61.0 Å². The van der Waals surface area contributed by atoms with Crippen LogP contribution in [0, 0.1) is 0 Å². The molecule has 0 saturated carbocycles. The summed E-state index contributed by atoms with van der Waals surface area (Å²) >= 11 is 0. The molecule has 0 unspecified atom stereocenters. The molecule has 0 radical (unpaired) electrons. The van der Waals surface area contributed by atoms with E-state index >= 15 is 0 Å². The lowest BCUT2D eigenvalue weighted by Crippen LogP contribution is -2.49. The second-order valence-electron chi connectivity index (χ2n) is 8.63. The zero-order chi connectivity index (χ0) is 26.9. The van der Waals surface area contributed by atoms with E-state index in [1.54, 1.807) is 87.1 Å². The number of aromatic nitrogens is 1. The number of hydrogen-bond donors (Lipinski definition) is 2. The molecule has 10 nitrogen and oxygen atoms in total. The van der Waals surface area contributed by atoms with Crippen LogP contribution in [0.15, 0.2) is 72.9 Å². The third-order valence-corrected chi connectivity index (χ3v) is 6.21. The fourth-order valence-electron chi connectivity index (χ4n) is 4.21. The highest BCUT2D eigenvalue weighted by molar-refractivity contribution is 5.99. The number of pyridine rings is 1. The fourth-order valence-corrected chi connectivity index (χ4v) is 4.21. The van der Waals surface area contributed by atoms with Crippen LogP contribution in [0.5, 0.6) is 17.4 Å². The second-order valence-corrected chi connectivity index (χ2v) is 8.63. The largest absolute Gasteiger partial charge is 0.497 e. The Balaban J connectivity index is 1.47. The zero-order valence-corrected chi connectivity index (χ0v) is 21.3. The van der Waals surface area contributed by atoms with Crippen LogP contribution in [0.3, 0.4) is 0 Å². The number of nitrogens with one attached hydrogen (secondary N) is 2. The van der Waals surface area contributed by atoms with Gasteiger partial charge >= 0.3 is 0 Å². The van der Waals surface area contributed by atoms with Crippen molar-refractivity contribution in [3.63, 3.8) is 0 Å². The maximum atomic E-state index is 13.4. The minimum atomic E-state index is -1.00. The number of methoxy groups -OCH3 is 2. The molecule has 0 spiro atoms. The van der Waals surface area contributed by atoms with Gasteiger partial charge in [-0.15, -0.1) is 0 Å². The second kappa shape index (κ2) is 12.6. The summed E-state index contributed by atoms with van der Waals surface area (Å²) in [7, 11) is 3.11.